The van der Waals surface area contributed by atoms with E-state index in [1.165, 1.54) is 0 Å². The lowest BCUT2D eigenvalue weighted by molar-refractivity contribution is 0.0611. The molecule has 2 aliphatic rings. The third kappa shape index (κ3) is 2.72. The van der Waals surface area contributed by atoms with E-state index in [-0.39, 0.29) is 18.0 Å². The molecule has 114 valence electrons. The average molecular weight is 292 g/mol. The summed E-state index contributed by atoms with van der Waals surface area (Å²) in [4.78, 5) is 27.4. The largest absolute Gasteiger partial charge is 0.447 e. The van der Waals surface area contributed by atoms with Gasteiger partial charge in [-0.3, -0.25) is 14.8 Å². The number of carbonyl (C=O) groups excluding carboxylic acids is 2. The zero-order valence-electron chi connectivity index (χ0n) is 12.3. The lowest BCUT2D eigenvalue weighted by Crippen LogP contribution is -2.53. The Morgan fingerprint density at radius 3 is 3.10 bits per heavy atom. The number of cyclic esters (lactones) is 1. The van der Waals surface area contributed by atoms with E-state index in [1.54, 1.807) is 9.80 Å². The Morgan fingerprint density at radius 1 is 1.52 bits per heavy atom. The quantitative estimate of drug-likeness (QED) is 0.897. The van der Waals surface area contributed by atoms with Gasteiger partial charge < -0.3 is 9.64 Å². The number of rotatable bonds is 3. The molecule has 1 unspecified atom stereocenters. The van der Waals surface area contributed by atoms with Crippen LogP contribution in [0.2, 0.25) is 0 Å². The molecule has 0 aromatic carbocycles. The number of nitrogens with one attached hydrogen (secondary N) is 1. The van der Waals surface area contributed by atoms with Crippen molar-refractivity contribution in [3.63, 3.8) is 0 Å². The van der Waals surface area contributed by atoms with Gasteiger partial charge in [0.25, 0.3) is 5.91 Å². The molecule has 0 spiro atoms. The van der Waals surface area contributed by atoms with Gasteiger partial charge in [-0.15, -0.1) is 0 Å². The van der Waals surface area contributed by atoms with Gasteiger partial charge in [-0.25, -0.2) is 4.79 Å². The Morgan fingerprint density at radius 2 is 2.33 bits per heavy atom. The lowest BCUT2D eigenvalue weighted by atomic mass is 10.1. The van der Waals surface area contributed by atoms with Crippen LogP contribution in [0.1, 0.15) is 30.0 Å². The van der Waals surface area contributed by atoms with Crippen LogP contribution in [0.25, 0.3) is 0 Å². The Hall–Kier alpha value is -2.05. The van der Waals surface area contributed by atoms with Crippen molar-refractivity contribution >= 4 is 12.0 Å². The predicted molar refractivity (Wildman–Crippen MR) is 74.9 cm³/mol. The smallest absolute Gasteiger partial charge is 0.410 e. The fourth-order valence-corrected chi connectivity index (χ4v) is 2.85. The first-order valence-corrected chi connectivity index (χ1v) is 7.31. The van der Waals surface area contributed by atoms with Crippen molar-refractivity contribution in [3.8, 4) is 0 Å². The summed E-state index contributed by atoms with van der Waals surface area (Å²) in [5.74, 6) is 0.429. The monoisotopic (exact) mass is 292 g/mol. The zero-order chi connectivity index (χ0) is 15.0. The van der Waals surface area contributed by atoms with Gasteiger partial charge in [-0.1, -0.05) is 13.8 Å². The zero-order valence-corrected chi connectivity index (χ0v) is 12.3. The highest BCUT2D eigenvalue weighted by Gasteiger charge is 2.39. The molecule has 0 bridgehead atoms. The van der Waals surface area contributed by atoms with E-state index < -0.39 is 0 Å². The SMILES string of the molecule is CC(C)Cc1cc(C(=O)N2CCN3C(=O)OCC3C2)n[nH]1. The van der Waals surface area contributed by atoms with Crippen molar-refractivity contribution in [2.24, 2.45) is 5.92 Å². The molecule has 1 aromatic rings. The summed E-state index contributed by atoms with van der Waals surface area (Å²) < 4.78 is 5.01. The highest BCUT2D eigenvalue weighted by atomic mass is 16.6. The van der Waals surface area contributed by atoms with Crippen molar-refractivity contribution in [2.45, 2.75) is 26.3 Å². The highest BCUT2D eigenvalue weighted by Crippen LogP contribution is 2.19. The minimum atomic E-state index is -0.272. The van der Waals surface area contributed by atoms with Gasteiger partial charge in [0.05, 0.1) is 6.04 Å². The number of fused-ring (bicyclic) bond motifs is 1. The van der Waals surface area contributed by atoms with Gasteiger partial charge >= 0.3 is 6.09 Å². The van der Waals surface area contributed by atoms with E-state index in [2.05, 4.69) is 24.0 Å². The molecule has 1 atom stereocenters. The number of H-pyrrole nitrogens is 1. The van der Waals surface area contributed by atoms with Gasteiger partial charge in [0.15, 0.2) is 0 Å². The third-order valence-electron chi connectivity index (χ3n) is 3.88. The van der Waals surface area contributed by atoms with Crippen LogP contribution in [0.4, 0.5) is 4.79 Å². The fourth-order valence-electron chi connectivity index (χ4n) is 2.85. The summed E-state index contributed by atoms with van der Waals surface area (Å²) in [6, 6.07) is 1.80. The molecule has 2 aliphatic heterocycles. The summed E-state index contributed by atoms with van der Waals surface area (Å²) in [6.45, 7) is 6.17. The van der Waals surface area contributed by atoms with Crippen LogP contribution in [-0.2, 0) is 11.2 Å². The molecule has 1 N–H and O–H groups in total. The summed E-state index contributed by atoms with van der Waals surface area (Å²) in [5, 5.41) is 7.04. The molecule has 2 saturated heterocycles. The number of amides is 2. The van der Waals surface area contributed by atoms with Crippen LogP contribution in [0, 0.1) is 5.92 Å². The fraction of sp³-hybridized carbons (Fsp3) is 0.643. The molecule has 7 nitrogen and oxygen atoms in total. The first kappa shape index (κ1) is 13.9. The number of nitrogens with zero attached hydrogens (tertiary/aromatic N) is 3. The summed E-state index contributed by atoms with van der Waals surface area (Å²) >= 11 is 0. The minimum Gasteiger partial charge on any atom is -0.447 e. The summed E-state index contributed by atoms with van der Waals surface area (Å²) in [6.07, 6.45) is 0.602. The number of aromatic nitrogens is 2. The summed E-state index contributed by atoms with van der Waals surface area (Å²) in [7, 11) is 0. The Labute approximate surface area is 123 Å². The molecule has 1 aromatic heterocycles. The lowest BCUT2D eigenvalue weighted by Gasteiger charge is -2.34. The van der Waals surface area contributed by atoms with E-state index in [0.717, 1.165) is 12.1 Å². The van der Waals surface area contributed by atoms with Crippen LogP contribution in [0.5, 0.6) is 0 Å². The van der Waals surface area contributed by atoms with Crippen molar-refractivity contribution in [3.05, 3.63) is 17.5 Å². The van der Waals surface area contributed by atoms with E-state index in [4.69, 9.17) is 4.74 Å². The third-order valence-corrected chi connectivity index (χ3v) is 3.88. The molecule has 0 saturated carbocycles. The van der Waals surface area contributed by atoms with E-state index in [0.29, 0.717) is 37.9 Å². The summed E-state index contributed by atoms with van der Waals surface area (Å²) in [5.41, 5.74) is 1.43. The van der Waals surface area contributed by atoms with Gasteiger partial charge in [0, 0.05) is 25.3 Å². The molecule has 3 rings (SSSR count). The molecule has 2 amide bonds. The maximum absolute atomic E-state index is 12.5. The van der Waals surface area contributed by atoms with Gasteiger partial charge in [-0.05, 0) is 18.4 Å². The maximum atomic E-state index is 12.5. The van der Waals surface area contributed by atoms with E-state index >= 15 is 0 Å². The Kier molecular flexibility index (Phi) is 3.57. The average Bonchev–Trinajstić information content (AvgIpc) is 3.05. The standard InChI is InChI=1S/C14H20N4O3/c1-9(2)5-10-6-12(16-15-10)13(19)17-3-4-18-11(7-17)8-21-14(18)20/h6,9,11H,3-5,7-8H2,1-2H3,(H,15,16). The number of aromatic amines is 1. The van der Waals surface area contributed by atoms with Crippen molar-refractivity contribution < 1.29 is 14.3 Å². The first-order valence-electron chi connectivity index (χ1n) is 7.31. The van der Waals surface area contributed by atoms with Crippen molar-refractivity contribution in [1.82, 2.24) is 20.0 Å². The normalized spacial score (nSPS) is 21.7. The van der Waals surface area contributed by atoms with E-state index in [9.17, 15) is 9.59 Å². The molecule has 21 heavy (non-hydrogen) atoms. The van der Waals surface area contributed by atoms with Gasteiger partial charge in [0.2, 0.25) is 0 Å². The van der Waals surface area contributed by atoms with Gasteiger partial charge in [0.1, 0.15) is 12.3 Å². The second-order valence-electron chi connectivity index (χ2n) is 6.05. The molecule has 2 fully saturated rings. The van der Waals surface area contributed by atoms with Crippen molar-refractivity contribution in [1.29, 1.82) is 0 Å². The Bertz CT molecular complexity index is 554. The molecular weight excluding hydrogens is 272 g/mol. The second-order valence-corrected chi connectivity index (χ2v) is 6.05. The van der Waals surface area contributed by atoms with Crippen LogP contribution < -0.4 is 0 Å². The number of ether oxygens (including phenoxy) is 1. The minimum absolute atomic E-state index is 0.0238. The molecule has 3 heterocycles. The Balaban J connectivity index is 1.66. The maximum Gasteiger partial charge on any atom is 0.410 e. The van der Waals surface area contributed by atoms with E-state index in [1.807, 2.05) is 6.07 Å². The van der Waals surface area contributed by atoms with Gasteiger partial charge in [-0.2, -0.15) is 5.10 Å². The number of hydrogen-bond acceptors (Lipinski definition) is 4. The first-order chi connectivity index (χ1) is 10.0. The van der Waals surface area contributed by atoms with Crippen LogP contribution >= 0.6 is 0 Å². The highest BCUT2D eigenvalue weighted by molar-refractivity contribution is 5.92. The molecule has 7 heteroatoms. The number of carbonyl (C=O) groups is 2. The second kappa shape index (κ2) is 5.38. The van der Waals surface area contributed by atoms with Crippen LogP contribution in [-0.4, -0.2) is 64.3 Å². The molecule has 0 aliphatic carbocycles. The predicted octanol–water partition coefficient (Wildman–Crippen LogP) is 0.885. The van der Waals surface area contributed by atoms with Crippen molar-refractivity contribution in [2.75, 3.05) is 26.2 Å². The topological polar surface area (TPSA) is 78.5 Å². The molecular formula is C14H20N4O3. The molecule has 0 radical (unpaired) electrons. The van der Waals surface area contributed by atoms with Crippen LogP contribution in [0.15, 0.2) is 6.07 Å². The van der Waals surface area contributed by atoms with Crippen LogP contribution in [0.3, 0.4) is 0 Å². The number of hydrogen-bond donors (Lipinski definition) is 1. The number of piperazine rings is 1.